The highest BCUT2D eigenvalue weighted by molar-refractivity contribution is 5.95. The Morgan fingerprint density at radius 3 is 2.71 bits per heavy atom. The second kappa shape index (κ2) is 8.99. The highest BCUT2D eigenvalue weighted by Gasteiger charge is 2.38. The van der Waals surface area contributed by atoms with Gasteiger partial charge in [0.15, 0.2) is 0 Å². The zero-order valence-electron chi connectivity index (χ0n) is 19.1. The first-order valence-corrected chi connectivity index (χ1v) is 11.0. The molecule has 35 heavy (non-hydrogen) atoms. The molecular formula is C23H25F4N5O3. The van der Waals surface area contributed by atoms with Crippen molar-refractivity contribution in [2.45, 2.75) is 44.8 Å². The first kappa shape index (κ1) is 24.7. The van der Waals surface area contributed by atoms with Crippen molar-refractivity contribution in [3.05, 3.63) is 59.2 Å². The summed E-state index contributed by atoms with van der Waals surface area (Å²) in [5.41, 5.74) is -0.164. The molecule has 2 aromatic rings. The largest absolute Gasteiger partial charge is 0.419 e. The SMILES string of the molecule is C=C[C@H](O)C1CN(C)C(=O)c2c3c(nn2C1)C[C@@H](C)N(C(=O)Nc1ccc(F)c(C(F)(F)F)c1)C3. The van der Waals surface area contributed by atoms with Crippen LogP contribution in [-0.4, -0.2) is 62.4 Å². The fourth-order valence-corrected chi connectivity index (χ4v) is 4.56. The van der Waals surface area contributed by atoms with Crippen molar-refractivity contribution in [3.8, 4) is 0 Å². The summed E-state index contributed by atoms with van der Waals surface area (Å²) in [5, 5.41) is 17.3. The molecule has 0 spiro atoms. The molecule has 0 saturated carbocycles. The molecule has 2 aliphatic rings. The Bertz CT molecular complexity index is 1180. The van der Waals surface area contributed by atoms with Gasteiger partial charge in [0, 0.05) is 49.8 Å². The molecule has 1 unspecified atom stereocenters. The van der Waals surface area contributed by atoms with E-state index in [9.17, 15) is 32.3 Å². The van der Waals surface area contributed by atoms with Gasteiger partial charge in [0.2, 0.25) is 0 Å². The van der Waals surface area contributed by atoms with Crippen LogP contribution in [0.25, 0.3) is 0 Å². The number of urea groups is 1. The number of hydrogen-bond donors (Lipinski definition) is 2. The number of carbonyl (C=O) groups excluding carboxylic acids is 2. The Morgan fingerprint density at radius 1 is 1.34 bits per heavy atom. The molecule has 0 saturated heterocycles. The highest BCUT2D eigenvalue weighted by Crippen LogP contribution is 2.34. The van der Waals surface area contributed by atoms with Gasteiger partial charge in [-0.25, -0.2) is 9.18 Å². The Morgan fingerprint density at radius 2 is 2.06 bits per heavy atom. The molecule has 0 radical (unpaired) electrons. The fourth-order valence-electron chi connectivity index (χ4n) is 4.56. The van der Waals surface area contributed by atoms with E-state index in [1.165, 1.54) is 15.9 Å². The molecule has 0 fully saturated rings. The summed E-state index contributed by atoms with van der Waals surface area (Å²) in [6.07, 6.45) is -4.01. The summed E-state index contributed by atoms with van der Waals surface area (Å²) in [6.45, 7) is 5.95. The summed E-state index contributed by atoms with van der Waals surface area (Å²) < 4.78 is 54.3. The van der Waals surface area contributed by atoms with Crippen LogP contribution in [0.3, 0.4) is 0 Å². The molecule has 3 atom stereocenters. The van der Waals surface area contributed by atoms with Crippen molar-refractivity contribution in [1.29, 1.82) is 0 Å². The van der Waals surface area contributed by atoms with Crippen LogP contribution in [0.15, 0.2) is 30.9 Å². The first-order valence-electron chi connectivity index (χ1n) is 11.0. The maximum atomic E-state index is 13.6. The summed E-state index contributed by atoms with van der Waals surface area (Å²) in [5.74, 6) is -2.06. The lowest BCUT2D eigenvalue weighted by atomic mass is 9.99. The zero-order chi connectivity index (χ0) is 25.7. The van der Waals surface area contributed by atoms with E-state index in [2.05, 4.69) is 17.0 Å². The molecule has 188 valence electrons. The molecule has 0 bridgehead atoms. The van der Waals surface area contributed by atoms with Crippen molar-refractivity contribution in [1.82, 2.24) is 19.6 Å². The van der Waals surface area contributed by atoms with Crippen molar-refractivity contribution in [3.63, 3.8) is 0 Å². The number of aromatic nitrogens is 2. The minimum Gasteiger partial charge on any atom is -0.389 e. The average Bonchev–Trinajstić information content (AvgIpc) is 3.07. The van der Waals surface area contributed by atoms with Crippen LogP contribution in [0.2, 0.25) is 0 Å². The highest BCUT2D eigenvalue weighted by atomic mass is 19.4. The number of rotatable bonds is 3. The minimum atomic E-state index is -4.91. The number of benzene rings is 1. The summed E-state index contributed by atoms with van der Waals surface area (Å²) in [4.78, 5) is 29.0. The van der Waals surface area contributed by atoms with E-state index < -0.39 is 29.7 Å². The Labute approximate surface area is 198 Å². The monoisotopic (exact) mass is 495 g/mol. The number of aliphatic hydroxyl groups is 1. The first-order chi connectivity index (χ1) is 16.4. The van der Waals surface area contributed by atoms with Crippen molar-refractivity contribution >= 4 is 17.6 Å². The molecule has 1 aromatic carbocycles. The van der Waals surface area contributed by atoms with E-state index in [0.29, 0.717) is 35.5 Å². The smallest absolute Gasteiger partial charge is 0.389 e. The number of fused-ring (bicyclic) bond motifs is 3. The Kier molecular flexibility index (Phi) is 6.34. The van der Waals surface area contributed by atoms with Gasteiger partial charge in [0.25, 0.3) is 5.91 Å². The number of nitrogens with zero attached hydrogens (tertiary/aromatic N) is 4. The number of halogens is 4. The molecule has 2 N–H and O–H groups in total. The van der Waals surface area contributed by atoms with E-state index in [1.807, 2.05) is 0 Å². The van der Waals surface area contributed by atoms with Crippen LogP contribution in [0, 0.1) is 11.7 Å². The number of hydrogen-bond acceptors (Lipinski definition) is 4. The third-order valence-electron chi connectivity index (χ3n) is 6.46. The average molecular weight is 495 g/mol. The third-order valence-corrected chi connectivity index (χ3v) is 6.46. The number of amides is 3. The van der Waals surface area contributed by atoms with Crippen LogP contribution in [0.1, 0.15) is 34.2 Å². The minimum absolute atomic E-state index is 0.0131. The lowest BCUT2D eigenvalue weighted by Crippen LogP contribution is -2.45. The molecule has 3 heterocycles. The lowest BCUT2D eigenvalue weighted by Gasteiger charge is -2.33. The molecule has 1 aromatic heterocycles. The van der Waals surface area contributed by atoms with Gasteiger partial charge in [0.1, 0.15) is 11.5 Å². The second-order valence-corrected chi connectivity index (χ2v) is 8.93. The van der Waals surface area contributed by atoms with Gasteiger partial charge in [-0.3, -0.25) is 9.48 Å². The van der Waals surface area contributed by atoms with Gasteiger partial charge < -0.3 is 20.2 Å². The van der Waals surface area contributed by atoms with Crippen LogP contribution in [-0.2, 0) is 25.7 Å². The van der Waals surface area contributed by atoms with E-state index >= 15 is 0 Å². The molecular weight excluding hydrogens is 470 g/mol. The van der Waals surface area contributed by atoms with Gasteiger partial charge in [-0.1, -0.05) is 6.08 Å². The van der Waals surface area contributed by atoms with E-state index in [4.69, 9.17) is 0 Å². The van der Waals surface area contributed by atoms with Crippen molar-refractivity contribution in [2.75, 3.05) is 18.9 Å². The van der Waals surface area contributed by atoms with Gasteiger partial charge in [-0.2, -0.15) is 18.3 Å². The van der Waals surface area contributed by atoms with Crippen LogP contribution in [0.4, 0.5) is 28.0 Å². The summed E-state index contributed by atoms with van der Waals surface area (Å²) in [6, 6.07) is 1.20. The predicted octanol–water partition coefficient (Wildman–Crippen LogP) is 3.27. The zero-order valence-corrected chi connectivity index (χ0v) is 19.1. The fraction of sp³-hybridized carbons (Fsp3) is 0.435. The summed E-state index contributed by atoms with van der Waals surface area (Å²) in [7, 11) is 1.61. The maximum absolute atomic E-state index is 13.6. The Balaban J connectivity index is 1.61. The van der Waals surface area contributed by atoms with Crippen LogP contribution in [0.5, 0.6) is 0 Å². The van der Waals surface area contributed by atoms with Crippen molar-refractivity contribution in [2.24, 2.45) is 5.92 Å². The van der Waals surface area contributed by atoms with E-state index in [1.54, 1.807) is 18.7 Å². The topological polar surface area (TPSA) is 90.7 Å². The van der Waals surface area contributed by atoms with Gasteiger partial charge in [-0.05, 0) is 25.1 Å². The molecule has 0 aliphatic carbocycles. The molecule has 2 aliphatic heterocycles. The number of anilines is 1. The quantitative estimate of drug-likeness (QED) is 0.505. The van der Waals surface area contributed by atoms with E-state index in [0.717, 1.165) is 6.07 Å². The molecule has 3 amide bonds. The Hall–Kier alpha value is -3.41. The van der Waals surface area contributed by atoms with Crippen molar-refractivity contribution < 1.29 is 32.3 Å². The number of alkyl halides is 3. The maximum Gasteiger partial charge on any atom is 0.419 e. The summed E-state index contributed by atoms with van der Waals surface area (Å²) >= 11 is 0. The van der Waals surface area contributed by atoms with Crippen LogP contribution >= 0.6 is 0 Å². The third kappa shape index (κ3) is 4.62. The molecule has 4 rings (SSSR count). The standard InChI is InChI=1S/C23H25F4N5O3/c1-4-19(33)13-9-30(3)21(34)20-15-11-31(12(2)7-18(15)29-32(20)10-13)22(35)28-14-5-6-17(24)16(8-14)23(25,26)27/h4-6,8,12-13,19,33H,1,7,9-11H2,2-3H3,(H,28,35)/t12-,13?,19+/m1/s1. The lowest BCUT2D eigenvalue weighted by molar-refractivity contribution is -0.139. The van der Waals surface area contributed by atoms with Gasteiger partial charge in [-0.15, -0.1) is 6.58 Å². The number of aliphatic hydroxyl groups excluding tert-OH is 1. The van der Waals surface area contributed by atoms with Crippen LogP contribution < -0.4 is 5.32 Å². The van der Waals surface area contributed by atoms with Gasteiger partial charge in [0.05, 0.1) is 23.9 Å². The predicted molar refractivity (Wildman–Crippen MR) is 118 cm³/mol. The second-order valence-electron chi connectivity index (χ2n) is 8.93. The normalized spacial score (nSPS) is 21.2. The molecule has 12 heteroatoms. The van der Waals surface area contributed by atoms with E-state index in [-0.39, 0.29) is 43.2 Å². The van der Waals surface area contributed by atoms with Gasteiger partial charge >= 0.3 is 12.2 Å². The number of carbonyl (C=O) groups is 2. The number of nitrogens with one attached hydrogen (secondary N) is 1. The molecule has 8 nitrogen and oxygen atoms in total.